The maximum atomic E-state index is 12.8. The molecule has 0 aliphatic carbocycles. The average molecular weight is 281 g/mol. The van der Waals surface area contributed by atoms with Crippen molar-refractivity contribution >= 4 is 11.8 Å². The van der Waals surface area contributed by atoms with Crippen molar-refractivity contribution in [1.29, 1.82) is 0 Å². The number of nitrogens with zero attached hydrogens (tertiary/aromatic N) is 2. The molecule has 1 atom stereocenters. The molecule has 0 aromatic carbocycles. The highest BCUT2D eigenvalue weighted by atomic mass is 16.2. The van der Waals surface area contributed by atoms with Crippen molar-refractivity contribution in [2.24, 2.45) is 0 Å². The summed E-state index contributed by atoms with van der Waals surface area (Å²) in [5.41, 5.74) is -0.677. The number of piperidine rings is 1. The summed E-state index contributed by atoms with van der Waals surface area (Å²) in [7, 11) is 0. The lowest BCUT2D eigenvalue weighted by Crippen LogP contribution is -2.69. The van der Waals surface area contributed by atoms with Crippen LogP contribution in [0.15, 0.2) is 0 Å². The molecule has 2 aliphatic heterocycles. The van der Waals surface area contributed by atoms with Gasteiger partial charge >= 0.3 is 0 Å². The van der Waals surface area contributed by atoms with Crippen LogP contribution in [0.25, 0.3) is 0 Å². The summed E-state index contributed by atoms with van der Waals surface area (Å²) in [5.74, 6) is 0.104. The van der Waals surface area contributed by atoms with Crippen LogP contribution < -0.4 is 5.32 Å². The van der Waals surface area contributed by atoms with Crippen molar-refractivity contribution in [3.05, 3.63) is 0 Å². The van der Waals surface area contributed by atoms with Gasteiger partial charge in [-0.3, -0.25) is 9.59 Å². The van der Waals surface area contributed by atoms with Crippen molar-refractivity contribution in [3.63, 3.8) is 0 Å². The molecule has 0 bridgehead atoms. The van der Waals surface area contributed by atoms with Crippen LogP contribution in [0, 0.1) is 0 Å². The molecule has 2 amide bonds. The van der Waals surface area contributed by atoms with Crippen molar-refractivity contribution in [2.75, 3.05) is 26.2 Å². The van der Waals surface area contributed by atoms with E-state index in [0.29, 0.717) is 12.8 Å². The lowest BCUT2D eigenvalue weighted by atomic mass is 9.87. The molecule has 0 spiro atoms. The first-order valence-electron chi connectivity index (χ1n) is 7.90. The van der Waals surface area contributed by atoms with E-state index >= 15 is 0 Å². The van der Waals surface area contributed by atoms with Gasteiger partial charge in [0.25, 0.3) is 0 Å². The van der Waals surface area contributed by atoms with Gasteiger partial charge in [0.05, 0.1) is 6.54 Å². The van der Waals surface area contributed by atoms with Crippen molar-refractivity contribution in [3.8, 4) is 0 Å². The number of likely N-dealkylation sites (tertiary alicyclic amines) is 1. The molecule has 1 N–H and O–H groups in total. The molecule has 5 nitrogen and oxygen atoms in total. The van der Waals surface area contributed by atoms with E-state index in [9.17, 15) is 9.59 Å². The number of carbonyl (C=O) groups is 2. The zero-order valence-corrected chi connectivity index (χ0v) is 12.9. The highest BCUT2D eigenvalue weighted by Gasteiger charge is 2.46. The van der Waals surface area contributed by atoms with Gasteiger partial charge in [0.2, 0.25) is 11.8 Å². The molecule has 2 aliphatic rings. The number of amides is 2. The lowest BCUT2D eigenvalue weighted by Gasteiger charge is -2.46. The molecule has 2 fully saturated rings. The SMILES string of the molecule is CCN1CCCC(N2CC(=O)NC(CC)(CC)C2=O)C1. The van der Waals surface area contributed by atoms with Crippen molar-refractivity contribution < 1.29 is 9.59 Å². The van der Waals surface area contributed by atoms with E-state index in [1.54, 1.807) is 0 Å². The van der Waals surface area contributed by atoms with Gasteiger partial charge in [0.15, 0.2) is 0 Å². The summed E-state index contributed by atoms with van der Waals surface area (Å²) in [6, 6.07) is 0.194. The summed E-state index contributed by atoms with van der Waals surface area (Å²) in [6.07, 6.45) is 3.44. The maximum Gasteiger partial charge on any atom is 0.249 e. The summed E-state index contributed by atoms with van der Waals surface area (Å²) in [4.78, 5) is 29.1. The first-order valence-corrected chi connectivity index (χ1v) is 7.90. The van der Waals surface area contributed by atoms with E-state index in [0.717, 1.165) is 32.5 Å². The molecule has 2 saturated heterocycles. The van der Waals surface area contributed by atoms with E-state index in [2.05, 4.69) is 17.1 Å². The predicted octanol–water partition coefficient (Wildman–Crippen LogP) is 0.988. The van der Waals surface area contributed by atoms with Gasteiger partial charge in [0, 0.05) is 12.6 Å². The first kappa shape index (κ1) is 15.3. The molecule has 2 heterocycles. The lowest BCUT2D eigenvalue weighted by molar-refractivity contribution is -0.154. The number of carbonyl (C=O) groups excluding carboxylic acids is 2. The molecule has 0 saturated carbocycles. The fraction of sp³-hybridized carbons (Fsp3) is 0.867. The fourth-order valence-corrected chi connectivity index (χ4v) is 3.46. The number of piperazine rings is 1. The summed E-state index contributed by atoms with van der Waals surface area (Å²) < 4.78 is 0. The first-order chi connectivity index (χ1) is 9.56. The average Bonchev–Trinajstić information content (AvgIpc) is 2.49. The van der Waals surface area contributed by atoms with Gasteiger partial charge in [-0.1, -0.05) is 20.8 Å². The van der Waals surface area contributed by atoms with E-state index in [-0.39, 0.29) is 24.4 Å². The summed E-state index contributed by atoms with van der Waals surface area (Å²) >= 11 is 0. The Labute approximate surface area is 121 Å². The Morgan fingerprint density at radius 2 is 1.95 bits per heavy atom. The van der Waals surface area contributed by atoms with E-state index in [1.807, 2.05) is 18.7 Å². The molecule has 114 valence electrons. The Bertz CT molecular complexity index is 379. The van der Waals surface area contributed by atoms with Crippen LogP contribution in [0.2, 0.25) is 0 Å². The molecule has 0 radical (unpaired) electrons. The number of hydrogen-bond donors (Lipinski definition) is 1. The van der Waals surface area contributed by atoms with Crippen LogP contribution in [0.5, 0.6) is 0 Å². The predicted molar refractivity (Wildman–Crippen MR) is 78.3 cm³/mol. The minimum absolute atomic E-state index is 0.0121. The van der Waals surface area contributed by atoms with Crippen LogP contribution in [0.3, 0.4) is 0 Å². The summed E-state index contributed by atoms with van der Waals surface area (Å²) in [5, 5.41) is 2.93. The van der Waals surface area contributed by atoms with Crippen LogP contribution in [0.4, 0.5) is 0 Å². The molecule has 0 aromatic heterocycles. The Hall–Kier alpha value is -1.10. The second kappa shape index (κ2) is 6.12. The standard InChI is InChI=1S/C15H27N3O2/c1-4-15(5-2)14(20)18(11-13(19)16-15)12-8-7-9-17(6-3)10-12/h12H,4-11H2,1-3H3,(H,16,19). The second-order valence-corrected chi connectivity index (χ2v) is 5.96. The normalized spacial score (nSPS) is 27.6. The quantitative estimate of drug-likeness (QED) is 0.836. The molecule has 1 unspecified atom stereocenters. The van der Waals surface area contributed by atoms with Crippen molar-refractivity contribution in [2.45, 2.75) is 58.0 Å². The number of hydrogen-bond acceptors (Lipinski definition) is 3. The third kappa shape index (κ3) is 2.68. The van der Waals surface area contributed by atoms with Crippen LogP contribution >= 0.6 is 0 Å². The molecular formula is C15H27N3O2. The fourth-order valence-electron chi connectivity index (χ4n) is 3.46. The number of likely N-dealkylation sites (N-methyl/N-ethyl adjacent to an activating group) is 1. The van der Waals surface area contributed by atoms with Gasteiger partial charge in [-0.25, -0.2) is 0 Å². The second-order valence-electron chi connectivity index (χ2n) is 5.96. The smallest absolute Gasteiger partial charge is 0.249 e. The van der Waals surface area contributed by atoms with Gasteiger partial charge in [0.1, 0.15) is 5.54 Å². The van der Waals surface area contributed by atoms with E-state index in [1.165, 1.54) is 0 Å². The Morgan fingerprint density at radius 3 is 2.55 bits per heavy atom. The van der Waals surface area contributed by atoms with Crippen molar-refractivity contribution in [1.82, 2.24) is 15.1 Å². The Kier molecular flexibility index (Phi) is 4.68. The molecular weight excluding hydrogens is 254 g/mol. The number of nitrogens with one attached hydrogen (secondary N) is 1. The topological polar surface area (TPSA) is 52.6 Å². The Balaban J connectivity index is 2.17. The van der Waals surface area contributed by atoms with E-state index < -0.39 is 5.54 Å². The van der Waals surface area contributed by atoms with Gasteiger partial charge < -0.3 is 15.1 Å². The summed E-state index contributed by atoms with van der Waals surface area (Å²) in [6.45, 7) is 9.34. The highest BCUT2D eigenvalue weighted by molar-refractivity contribution is 5.98. The molecule has 5 heteroatoms. The number of rotatable bonds is 4. The third-order valence-electron chi connectivity index (χ3n) is 4.94. The largest absolute Gasteiger partial charge is 0.340 e. The zero-order chi connectivity index (χ0) is 14.8. The third-order valence-corrected chi connectivity index (χ3v) is 4.94. The minimum Gasteiger partial charge on any atom is -0.340 e. The van der Waals surface area contributed by atoms with Gasteiger partial charge in [-0.15, -0.1) is 0 Å². The van der Waals surface area contributed by atoms with Crippen LogP contribution in [0.1, 0.15) is 46.5 Å². The molecule has 0 aromatic rings. The molecule has 2 rings (SSSR count). The zero-order valence-electron chi connectivity index (χ0n) is 12.9. The van der Waals surface area contributed by atoms with Crippen LogP contribution in [-0.2, 0) is 9.59 Å². The Morgan fingerprint density at radius 1 is 1.25 bits per heavy atom. The van der Waals surface area contributed by atoms with Gasteiger partial charge in [-0.2, -0.15) is 0 Å². The maximum absolute atomic E-state index is 12.8. The molecule has 20 heavy (non-hydrogen) atoms. The van der Waals surface area contributed by atoms with Crippen LogP contribution in [-0.4, -0.2) is 59.4 Å². The monoisotopic (exact) mass is 281 g/mol. The highest BCUT2D eigenvalue weighted by Crippen LogP contribution is 2.26. The van der Waals surface area contributed by atoms with Gasteiger partial charge in [-0.05, 0) is 38.8 Å². The minimum atomic E-state index is -0.677. The van der Waals surface area contributed by atoms with E-state index in [4.69, 9.17) is 0 Å².